The lowest BCUT2D eigenvalue weighted by Gasteiger charge is -2.39. The van der Waals surface area contributed by atoms with E-state index in [0.29, 0.717) is 6.04 Å². The summed E-state index contributed by atoms with van der Waals surface area (Å²) in [6.07, 6.45) is 1.89. The van der Waals surface area contributed by atoms with Gasteiger partial charge in [-0.3, -0.25) is 4.90 Å². The van der Waals surface area contributed by atoms with E-state index in [-0.39, 0.29) is 5.82 Å². The molecule has 0 saturated carbocycles. The smallest absolute Gasteiger partial charge is 0.123 e. The maximum absolute atomic E-state index is 12.9. The van der Waals surface area contributed by atoms with Crippen LogP contribution in [0.15, 0.2) is 36.9 Å². The molecule has 0 aromatic heterocycles. The second-order valence-corrected chi connectivity index (χ2v) is 5.30. The van der Waals surface area contributed by atoms with Gasteiger partial charge in [0.15, 0.2) is 0 Å². The van der Waals surface area contributed by atoms with E-state index in [1.807, 2.05) is 18.2 Å². The standard InChI is InChI=1S/C16H24FN3/c1-3-8-18-13-14(2)19-9-11-20(12-10-19)16-6-4-15(17)5-7-16/h3-7,14,18H,1,8-13H2,2H3. The Balaban J connectivity index is 1.79. The molecule has 2 rings (SSSR count). The van der Waals surface area contributed by atoms with Crippen LogP contribution in [-0.4, -0.2) is 50.2 Å². The van der Waals surface area contributed by atoms with Gasteiger partial charge in [0.2, 0.25) is 0 Å². The van der Waals surface area contributed by atoms with Crippen molar-refractivity contribution in [2.24, 2.45) is 0 Å². The van der Waals surface area contributed by atoms with Gasteiger partial charge < -0.3 is 10.2 Å². The number of nitrogens with one attached hydrogen (secondary N) is 1. The zero-order valence-electron chi connectivity index (χ0n) is 12.2. The van der Waals surface area contributed by atoms with Crippen LogP contribution in [0.3, 0.4) is 0 Å². The summed E-state index contributed by atoms with van der Waals surface area (Å²) in [6.45, 7) is 11.9. The Kier molecular flexibility index (Phi) is 5.56. The fourth-order valence-electron chi connectivity index (χ4n) is 2.60. The first-order valence-electron chi connectivity index (χ1n) is 7.27. The highest BCUT2D eigenvalue weighted by Crippen LogP contribution is 2.17. The molecule has 0 bridgehead atoms. The Morgan fingerprint density at radius 3 is 2.50 bits per heavy atom. The molecule has 3 nitrogen and oxygen atoms in total. The highest BCUT2D eigenvalue weighted by Gasteiger charge is 2.20. The predicted octanol–water partition coefficient (Wildman–Crippen LogP) is 2.11. The van der Waals surface area contributed by atoms with Crippen molar-refractivity contribution in [2.75, 3.05) is 44.2 Å². The van der Waals surface area contributed by atoms with Gasteiger partial charge >= 0.3 is 0 Å². The highest BCUT2D eigenvalue weighted by atomic mass is 19.1. The number of hydrogen-bond donors (Lipinski definition) is 1. The maximum atomic E-state index is 12.9. The van der Waals surface area contributed by atoms with Crippen LogP contribution < -0.4 is 10.2 Å². The van der Waals surface area contributed by atoms with E-state index in [9.17, 15) is 4.39 Å². The molecule has 1 aromatic carbocycles. The van der Waals surface area contributed by atoms with Gasteiger partial charge in [-0.1, -0.05) is 6.08 Å². The zero-order valence-corrected chi connectivity index (χ0v) is 12.2. The number of nitrogens with zero attached hydrogens (tertiary/aromatic N) is 2. The summed E-state index contributed by atoms with van der Waals surface area (Å²) in [7, 11) is 0. The Morgan fingerprint density at radius 1 is 1.25 bits per heavy atom. The number of hydrogen-bond acceptors (Lipinski definition) is 3. The van der Waals surface area contributed by atoms with Crippen molar-refractivity contribution in [1.29, 1.82) is 0 Å². The highest BCUT2D eigenvalue weighted by molar-refractivity contribution is 5.46. The molecule has 0 radical (unpaired) electrons. The molecule has 1 aliphatic heterocycles. The quantitative estimate of drug-likeness (QED) is 0.635. The van der Waals surface area contributed by atoms with Gasteiger partial charge in [-0.05, 0) is 31.2 Å². The molecule has 1 N–H and O–H groups in total. The molecule has 1 unspecified atom stereocenters. The number of benzene rings is 1. The van der Waals surface area contributed by atoms with Gasteiger partial charge in [0.05, 0.1) is 0 Å². The van der Waals surface area contributed by atoms with Crippen LogP contribution in [0, 0.1) is 5.82 Å². The predicted molar refractivity (Wildman–Crippen MR) is 82.7 cm³/mol. The van der Waals surface area contributed by atoms with Crippen LogP contribution in [0.4, 0.5) is 10.1 Å². The number of piperazine rings is 1. The van der Waals surface area contributed by atoms with Crippen molar-refractivity contribution in [3.05, 3.63) is 42.7 Å². The summed E-state index contributed by atoms with van der Waals surface area (Å²) in [5.41, 5.74) is 1.11. The second kappa shape index (κ2) is 7.41. The monoisotopic (exact) mass is 277 g/mol. The maximum Gasteiger partial charge on any atom is 0.123 e. The van der Waals surface area contributed by atoms with Crippen LogP contribution in [-0.2, 0) is 0 Å². The number of rotatable bonds is 6. The third kappa shape index (κ3) is 4.05. The first-order chi connectivity index (χ1) is 9.70. The van der Waals surface area contributed by atoms with Crippen LogP contribution in [0.25, 0.3) is 0 Å². The minimum absolute atomic E-state index is 0.172. The molecule has 1 saturated heterocycles. The Morgan fingerprint density at radius 2 is 1.90 bits per heavy atom. The summed E-state index contributed by atoms with van der Waals surface area (Å²) in [5.74, 6) is -0.172. The third-order valence-corrected chi connectivity index (χ3v) is 3.86. The molecule has 20 heavy (non-hydrogen) atoms. The summed E-state index contributed by atoms with van der Waals surface area (Å²) in [5, 5.41) is 3.37. The lowest BCUT2D eigenvalue weighted by molar-refractivity contribution is 0.194. The molecule has 1 aromatic rings. The number of anilines is 1. The van der Waals surface area contributed by atoms with Gasteiger partial charge in [0, 0.05) is 51.0 Å². The molecule has 4 heteroatoms. The van der Waals surface area contributed by atoms with Crippen LogP contribution >= 0.6 is 0 Å². The fourth-order valence-corrected chi connectivity index (χ4v) is 2.60. The molecular formula is C16H24FN3. The average Bonchev–Trinajstić information content (AvgIpc) is 2.48. The van der Waals surface area contributed by atoms with Crippen molar-refractivity contribution < 1.29 is 4.39 Å². The SMILES string of the molecule is C=CCNCC(C)N1CCN(c2ccc(F)cc2)CC1. The van der Waals surface area contributed by atoms with Gasteiger partial charge in [-0.25, -0.2) is 4.39 Å². The van der Waals surface area contributed by atoms with Crippen molar-refractivity contribution >= 4 is 5.69 Å². The Labute approximate surface area is 121 Å². The van der Waals surface area contributed by atoms with Gasteiger partial charge in [0.1, 0.15) is 5.82 Å². The van der Waals surface area contributed by atoms with Gasteiger partial charge in [0.25, 0.3) is 0 Å². The zero-order chi connectivity index (χ0) is 14.4. The topological polar surface area (TPSA) is 18.5 Å². The van der Waals surface area contributed by atoms with E-state index in [1.54, 1.807) is 0 Å². The summed E-state index contributed by atoms with van der Waals surface area (Å²) >= 11 is 0. The van der Waals surface area contributed by atoms with Crippen molar-refractivity contribution in [2.45, 2.75) is 13.0 Å². The molecule has 1 fully saturated rings. The first kappa shape index (κ1) is 15.0. The molecule has 0 spiro atoms. The van der Waals surface area contributed by atoms with Gasteiger partial charge in [-0.2, -0.15) is 0 Å². The van der Waals surface area contributed by atoms with Crippen LogP contribution in [0.2, 0.25) is 0 Å². The van der Waals surface area contributed by atoms with E-state index in [2.05, 4.69) is 28.6 Å². The van der Waals surface area contributed by atoms with Crippen molar-refractivity contribution in [3.63, 3.8) is 0 Å². The van der Waals surface area contributed by atoms with Crippen molar-refractivity contribution in [3.8, 4) is 0 Å². The Bertz CT molecular complexity index is 410. The third-order valence-electron chi connectivity index (χ3n) is 3.86. The van der Waals surface area contributed by atoms with Crippen LogP contribution in [0.5, 0.6) is 0 Å². The van der Waals surface area contributed by atoms with Crippen LogP contribution in [0.1, 0.15) is 6.92 Å². The number of halogens is 1. The first-order valence-corrected chi connectivity index (χ1v) is 7.27. The summed E-state index contributed by atoms with van der Waals surface area (Å²) < 4.78 is 12.9. The average molecular weight is 277 g/mol. The molecular weight excluding hydrogens is 253 g/mol. The van der Waals surface area contributed by atoms with E-state index in [4.69, 9.17) is 0 Å². The lowest BCUT2D eigenvalue weighted by Crippen LogP contribution is -2.52. The molecule has 110 valence electrons. The van der Waals surface area contributed by atoms with E-state index in [0.717, 1.165) is 45.0 Å². The van der Waals surface area contributed by atoms with Gasteiger partial charge in [-0.15, -0.1) is 6.58 Å². The normalized spacial score (nSPS) is 18.0. The second-order valence-electron chi connectivity index (χ2n) is 5.30. The van der Waals surface area contributed by atoms with E-state index in [1.165, 1.54) is 12.1 Å². The minimum Gasteiger partial charge on any atom is -0.369 e. The summed E-state index contributed by atoms with van der Waals surface area (Å²) in [4.78, 5) is 4.82. The lowest BCUT2D eigenvalue weighted by atomic mass is 10.2. The summed E-state index contributed by atoms with van der Waals surface area (Å²) in [6, 6.07) is 7.32. The van der Waals surface area contributed by atoms with E-state index >= 15 is 0 Å². The largest absolute Gasteiger partial charge is 0.369 e. The minimum atomic E-state index is -0.172. The molecule has 1 heterocycles. The van der Waals surface area contributed by atoms with Crippen molar-refractivity contribution in [1.82, 2.24) is 10.2 Å². The van der Waals surface area contributed by atoms with E-state index < -0.39 is 0 Å². The molecule has 1 atom stereocenters. The molecule has 1 aliphatic rings. The molecule has 0 aliphatic carbocycles. The molecule has 0 amide bonds. The fraction of sp³-hybridized carbons (Fsp3) is 0.500. The Hall–Kier alpha value is -1.39.